The van der Waals surface area contributed by atoms with Gasteiger partial charge in [0.2, 0.25) is 0 Å². The predicted octanol–water partition coefficient (Wildman–Crippen LogP) is 4.53. The molecular weight excluding hydrogens is 420 g/mol. The third-order valence-corrected chi connectivity index (χ3v) is 6.25. The van der Waals surface area contributed by atoms with Crippen molar-refractivity contribution in [2.45, 2.75) is 49.9 Å². The SMILES string of the molecule is c1ccc(COC2OC3COC(c4ccccc4)OC3C3OC(c4ccccc4)OC23)cc1. The lowest BCUT2D eigenvalue weighted by molar-refractivity contribution is -0.348. The number of hydrogen-bond acceptors (Lipinski definition) is 6. The van der Waals surface area contributed by atoms with Gasteiger partial charge in [-0.1, -0.05) is 91.0 Å². The van der Waals surface area contributed by atoms with E-state index in [9.17, 15) is 0 Å². The first-order chi connectivity index (χ1) is 16.3. The Labute approximate surface area is 192 Å². The molecule has 3 aliphatic heterocycles. The van der Waals surface area contributed by atoms with Crippen molar-refractivity contribution in [3.05, 3.63) is 108 Å². The Morgan fingerprint density at radius 3 is 1.88 bits per heavy atom. The lowest BCUT2D eigenvalue weighted by atomic mass is 9.98. The molecule has 0 aliphatic carbocycles. The fraction of sp³-hybridized carbons (Fsp3) is 0.333. The van der Waals surface area contributed by atoms with Crippen LogP contribution in [-0.4, -0.2) is 37.3 Å². The highest BCUT2D eigenvalue weighted by atomic mass is 16.8. The Morgan fingerprint density at radius 1 is 0.606 bits per heavy atom. The summed E-state index contributed by atoms with van der Waals surface area (Å²) >= 11 is 0. The Morgan fingerprint density at radius 2 is 1.18 bits per heavy atom. The molecule has 6 nitrogen and oxygen atoms in total. The Balaban J connectivity index is 1.24. The smallest absolute Gasteiger partial charge is 0.187 e. The van der Waals surface area contributed by atoms with Crippen LogP contribution in [0.25, 0.3) is 0 Å². The summed E-state index contributed by atoms with van der Waals surface area (Å²) < 4.78 is 37.7. The molecular formula is C27H26O6. The molecule has 3 aromatic rings. The fourth-order valence-corrected chi connectivity index (χ4v) is 4.60. The maximum Gasteiger partial charge on any atom is 0.187 e. The summed E-state index contributed by atoms with van der Waals surface area (Å²) in [6, 6.07) is 29.9. The van der Waals surface area contributed by atoms with Gasteiger partial charge >= 0.3 is 0 Å². The van der Waals surface area contributed by atoms with Crippen molar-refractivity contribution >= 4 is 0 Å². The highest BCUT2D eigenvalue weighted by Gasteiger charge is 2.56. The number of fused-ring (bicyclic) bond motifs is 3. The molecule has 7 atom stereocenters. The van der Waals surface area contributed by atoms with Crippen LogP contribution in [-0.2, 0) is 35.0 Å². The van der Waals surface area contributed by atoms with E-state index < -0.39 is 25.0 Å². The average molecular weight is 446 g/mol. The van der Waals surface area contributed by atoms with E-state index in [1.54, 1.807) is 0 Å². The first-order valence-electron chi connectivity index (χ1n) is 11.3. The summed E-state index contributed by atoms with van der Waals surface area (Å²) in [5.74, 6) is 0. The van der Waals surface area contributed by atoms with Crippen LogP contribution in [0, 0.1) is 0 Å². The minimum Gasteiger partial charge on any atom is -0.346 e. The monoisotopic (exact) mass is 446 g/mol. The molecule has 3 aliphatic rings. The van der Waals surface area contributed by atoms with Gasteiger partial charge in [-0.25, -0.2) is 0 Å². The molecule has 0 aromatic heterocycles. The predicted molar refractivity (Wildman–Crippen MR) is 119 cm³/mol. The van der Waals surface area contributed by atoms with Crippen molar-refractivity contribution in [1.29, 1.82) is 0 Å². The number of ether oxygens (including phenoxy) is 6. The molecule has 6 heteroatoms. The lowest BCUT2D eigenvalue weighted by Crippen LogP contribution is -2.61. The molecule has 7 unspecified atom stereocenters. The third-order valence-electron chi connectivity index (χ3n) is 6.25. The highest BCUT2D eigenvalue weighted by molar-refractivity contribution is 5.19. The molecule has 3 fully saturated rings. The molecule has 0 amide bonds. The normalized spacial score (nSPS) is 33.3. The van der Waals surface area contributed by atoms with Crippen LogP contribution in [0.1, 0.15) is 29.3 Å². The molecule has 170 valence electrons. The van der Waals surface area contributed by atoms with E-state index in [0.29, 0.717) is 13.2 Å². The molecule has 0 radical (unpaired) electrons. The van der Waals surface area contributed by atoms with E-state index in [4.69, 9.17) is 28.4 Å². The quantitative estimate of drug-likeness (QED) is 0.574. The van der Waals surface area contributed by atoms with Gasteiger partial charge in [0.1, 0.15) is 24.4 Å². The van der Waals surface area contributed by atoms with Gasteiger partial charge in [-0.05, 0) is 5.56 Å². The highest BCUT2D eigenvalue weighted by Crippen LogP contribution is 2.43. The van der Waals surface area contributed by atoms with Crippen molar-refractivity contribution < 1.29 is 28.4 Å². The number of rotatable bonds is 5. The van der Waals surface area contributed by atoms with Crippen LogP contribution in [0.3, 0.4) is 0 Å². The third kappa shape index (κ3) is 4.34. The largest absolute Gasteiger partial charge is 0.346 e. The van der Waals surface area contributed by atoms with Crippen LogP contribution >= 0.6 is 0 Å². The summed E-state index contributed by atoms with van der Waals surface area (Å²) in [6.45, 7) is 0.803. The second-order valence-electron chi connectivity index (χ2n) is 8.46. The molecule has 3 heterocycles. The Hall–Kier alpha value is -2.58. The van der Waals surface area contributed by atoms with Crippen LogP contribution < -0.4 is 0 Å². The first kappa shape index (κ1) is 21.0. The lowest BCUT2D eigenvalue weighted by Gasteiger charge is -2.45. The number of hydrogen-bond donors (Lipinski definition) is 0. The second kappa shape index (κ2) is 9.35. The zero-order valence-electron chi connectivity index (χ0n) is 18.1. The molecule has 6 rings (SSSR count). The van der Waals surface area contributed by atoms with Gasteiger partial charge in [0.25, 0.3) is 0 Å². The van der Waals surface area contributed by atoms with Gasteiger partial charge in [-0.15, -0.1) is 0 Å². The Kier molecular flexibility index (Phi) is 5.94. The summed E-state index contributed by atoms with van der Waals surface area (Å²) in [7, 11) is 0. The zero-order valence-corrected chi connectivity index (χ0v) is 18.1. The van der Waals surface area contributed by atoms with Gasteiger partial charge < -0.3 is 28.4 Å². The summed E-state index contributed by atoms with van der Waals surface area (Å²) in [5, 5.41) is 0. The standard InChI is InChI=1S/C27H26O6/c1-4-10-18(11-5-1)16-28-27-24-23(32-26(33-24)20-14-8-3-9-15-20)22-21(30-27)17-29-25(31-22)19-12-6-2-7-13-19/h1-15,21-27H,16-17H2. The maximum absolute atomic E-state index is 6.42. The van der Waals surface area contributed by atoms with Crippen LogP contribution in [0.4, 0.5) is 0 Å². The van der Waals surface area contributed by atoms with Crippen LogP contribution in [0.15, 0.2) is 91.0 Å². The van der Waals surface area contributed by atoms with Crippen molar-refractivity contribution in [3.63, 3.8) is 0 Å². The van der Waals surface area contributed by atoms with Crippen LogP contribution in [0.5, 0.6) is 0 Å². The van der Waals surface area contributed by atoms with Gasteiger partial charge in [-0.2, -0.15) is 0 Å². The van der Waals surface area contributed by atoms with Crippen molar-refractivity contribution in [2.24, 2.45) is 0 Å². The van der Waals surface area contributed by atoms with E-state index in [0.717, 1.165) is 16.7 Å². The van der Waals surface area contributed by atoms with E-state index in [1.807, 2.05) is 91.0 Å². The molecule has 3 aromatic carbocycles. The summed E-state index contributed by atoms with van der Waals surface area (Å²) in [5.41, 5.74) is 2.99. The van der Waals surface area contributed by atoms with Crippen molar-refractivity contribution in [3.8, 4) is 0 Å². The summed E-state index contributed by atoms with van der Waals surface area (Å²) in [6.07, 6.45) is -2.99. The molecule has 0 N–H and O–H groups in total. The Bertz CT molecular complexity index is 1030. The van der Waals surface area contributed by atoms with E-state index in [2.05, 4.69) is 0 Å². The summed E-state index contributed by atoms with van der Waals surface area (Å²) in [4.78, 5) is 0. The van der Waals surface area contributed by atoms with Crippen molar-refractivity contribution in [1.82, 2.24) is 0 Å². The topological polar surface area (TPSA) is 55.4 Å². The molecule has 0 spiro atoms. The molecule has 0 bridgehead atoms. The van der Waals surface area contributed by atoms with E-state index in [-0.39, 0.29) is 18.3 Å². The average Bonchev–Trinajstić information content (AvgIpc) is 3.35. The minimum absolute atomic E-state index is 0.315. The van der Waals surface area contributed by atoms with Crippen LogP contribution in [0.2, 0.25) is 0 Å². The zero-order chi connectivity index (χ0) is 22.0. The van der Waals surface area contributed by atoms with Gasteiger partial charge in [-0.3, -0.25) is 0 Å². The van der Waals surface area contributed by atoms with E-state index in [1.165, 1.54) is 0 Å². The second-order valence-corrected chi connectivity index (χ2v) is 8.46. The maximum atomic E-state index is 6.42. The molecule has 3 saturated heterocycles. The van der Waals surface area contributed by atoms with E-state index >= 15 is 0 Å². The first-order valence-corrected chi connectivity index (χ1v) is 11.3. The van der Waals surface area contributed by atoms with Crippen molar-refractivity contribution in [2.75, 3.05) is 6.61 Å². The minimum atomic E-state index is -0.592. The molecule has 33 heavy (non-hydrogen) atoms. The van der Waals surface area contributed by atoms with Gasteiger partial charge in [0.15, 0.2) is 18.9 Å². The number of benzene rings is 3. The fourth-order valence-electron chi connectivity index (χ4n) is 4.60. The van der Waals surface area contributed by atoms with Gasteiger partial charge in [0.05, 0.1) is 13.2 Å². The van der Waals surface area contributed by atoms with Gasteiger partial charge in [0, 0.05) is 11.1 Å². The molecule has 0 saturated carbocycles.